The second kappa shape index (κ2) is 6.30. The second-order valence-electron chi connectivity index (χ2n) is 6.79. The summed E-state index contributed by atoms with van der Waals surface area (Å²) in [6.45, 7) is 0.953. The quantitative estimate of drug-likeness (QED) is 0.930. The van der Waals surface area contributed by atoms with Gasteiger partial charge in [-0.1, -0.05) is 31.4 Å². The fourth-order valence-corrected chi connectivity index (χ4v) is 4.05. The van der Waals surface area contributed by atoms with Crippen LogP contribution in [0.15, 0.2) is 24.3 Å². The number of hydrogen-bond donors (Lipinski definition) is 1. The van der Waals surface area contributed by atoms with Gasteiger partial charge in [-0.2, -0.15) is 0 Å². The molecule has 0 bridgehead atoms. The molecule has 0 spiro atoms. The lowest BCUT2D eigenvalue weighted by molar-refractivity contribution is -0.138. The Morgan fingerprint density at radius 2 is 1.96 bits per heavy atom. The number of benzene rings is 1. The van der Waals surface area contributed by atoms with Crippen molar-refractivity contribution in [1.29, 1.82) is 0 Å². The predicted octanol–water partition coefficient (Wildman–Crippen LogP) is 2.36. The van der Waals surface area contributed by atoms with Gasteiger partial charge in [-0.25, -0.2) is 4.39 Å². The molecule has 1 heterocycles. The largest absolute Gasteiger partial charge is 0.369 e. The van der Waals surface area contributed by atoms with E-state index < -0.39 is 5.41 Å². The number of halogens is 1. The number of nitrogens with two attached hydrogens (primary N) is 1. The van der Waals surface area contributed by atoms with Crippen molar-refractivity contribution in [2.24, 2.45) is 11.7 Å². The number of rotatable bonds is 3. The first-order valence-electron chi connectivity index (χ1n) is 8.38. The molecule has 0 aromatic heterocycles. The van der Waals surface area contributed by atoms with Crippen molar-refractivity contribution >= 4 is 11.8 Å². The van der Waals surface area contributed by atoms with Crippen molar-refractivity contribution in [3.63, 3.8) is 0 Å². The summed E-state index contributed by atoms with van der Waals surface area (Å²) in [5, 5.41) is 0. The Balaban J connectivity index is 1.90. The van der Waals surface area contributed by atoms with E-state index in [0.717, 1.165) is 37.7 Å². The minimum atomic E-state index is -0.646. The summed E-state index contributed by atoms with van der Waals surface area (Å²) in [6, 6.07) is 6.42. The van der Waals surface area contributed by atoms with Gasteiger partial charge in [0.2, 0.25) is 11.8 Å². The van der Waals surface area contributed by atoms with Crippen LogP contribution >= 0.6 is 0 Å². The molecular weight excluding hydrogens is 295 g/mol. The van der Waals surface area contributed by atoms with E-state index in [2.05, 4.69) is 0 Å². The topological polar surface area (TPSA) is 63.4 Å². The summed E-state index contributed by atoms with van der Waals surface area (Å²) < 4.78 is 13.7. The first kappa shape index (κ1) is 16.0. The Kier molecular flexibility index (Phi) is 4.37. The molecule has 1 aromatic rings. The van der Waals surface area contributed by atoms with E-state index >= 15 is 0 Å². The van der Waals surface area contributed by atoms with E-state index in [1.165, 1.54) is 12.1 Å². The second-order valence-corrected chi connectivity index (χ2v) is 6.79. The normalized spacial score (nSPS) is 23.7. The van der Waals surface area contributed by atoms with Gasteiger partial charge >= 0.3 is 0 Å². The molecule has 0 radical (unpaired) electrons. The molecule has 2 amide bonds. The van der Waals surface area contributed by atoms with Gasteiger partial charge in [0.25, 0.3) is 0 Å². The summed E-state index contributed by atoms with van der Waals surface area (Å²) in [5.41, 5.74) is 5.50. The molecule has 1 aromatic carbocycles. The minimum Gasteiger partial charge on any atom is -0.369 e. The van der Waals surface area contributed by atoms with Gasteiger partial charge in [0, 0.05) is 13.1 Å². The Hall–Kier alpha value is -1.91. The first-order chi connectivity index (χ1) is 11.0. The fraction of sp³-hybridized carbons (Fsp3) is 0.556. The fourth-order valence-electron chi connectivity index (χ4n) is 4.05. The van der Waals surface area contributed by atoms with Crippen molar-refractivity contribution in [3.8, 4) is 0 Å². The highest BCUT2D eigenvalue weighted by molar-refractivity contribution is 5.89. The highest BCUT2D eigenvalue weighted by Crippen LogP contribution is 2.42. The van der Waals surface area contributed by atoms with E-state index in [1.54, 1.807) is 11.0 Å². The van der Waals surface area contributed by atoms with Crippen molar-refractivity contribution in [3.05, 3.63) is 35.6 Å². The molecule has 2 aliphatic rings. The van der Waals surface area contributed by atoms with Gasteiger partial charge in [0.15, 0.2) is 0 Å². The molecule has 4 nitrogen and oxygen atoms in total. The summed E-state index contributed by atoms with van der Waals surface area (Å²) >= 11 is 0. The summed E-state index contributed by atoms with van der Waals surface area (Å²) in [7, 11) is 0. The number of carbonyl (C=O) groups excluding carboxylic acids is 2. The number of likely N-dealkylation sites (tertiary alicyclic amines) is 1. The molecule has 1 saturated heterocycles. The molecule has 1 aliphatic heterocycles. The number of carbonyl (C=O) groups is 2. The highest BCUT2D eigenvalue weighted by Gasteiger charge is 2.45. The Labute approximate surface area is 135 Å². The summed E-state index contributed by atoms with van der Waals surface area (Å²) in [6.07, 6.45) is 5.15. The maximum Gasteiger partial charge on any atom is 0.233 e. The number of primary amides is 1. The molecule has 1 atom stereocenters. The average molecular weight is 318 g/mol. The molecule has 3 rings (SSSR count). The molecule has 5 heteroatoms. The molecule has 1 aliphatic carbocycles. The van der Waals surface area contributed by atoms with Crippen LogP contribution in [0.3, 0.4) is 0 Å². The van der Waals surface area contributed by atoms with Gasteiger partial charge in [0.05, 0.1) is 11.3 Å². The molecular formula is C18H23FN2O2. The van der Waals surface area contributed by atoms with Crippen LogP contribution in [-0.2, 0) is 15.0 Å². The summed E-state index contributed by atoms with van der Waals surface area (Å²) in [4.78, 5) is 26.4. The molecule has 23 heavy (non-hydrogen) atoms. The molecule has 124 valence electrons. The zero-order valence-corrected chi connectivity index (χ0v) is 13.3. The average Bonchev–Trinajstić information content (AvgIpc) is 3.05. The third-order valence-electron chi connectivity index (χ3n) is 5.37. The van der Waals surface area contributed by atoms with Crippen LogP contribution in [0.5, 0.6) is 0 Å². The molecule has 2 N–H and O–H groups in total. The number of hydrogen-bond acceptors (Lipinski definition) is 2. The maximum atomic E-state index is 13.7. The van der Waals surface area contributed by atoms with E-state index in [1.807, 2.05) is 6.07 Å². The lowest BCUT2D eigenvalue weighted by Crippen LogP contribution is -2.47. The Morgan fingerprint density at radius 3 is 2.57 bits per heavy atom. The van der Waals surface area contributed by atoms with E-state index in [9.17, 15) is 14.0 Å². The number of amides is 2. The lowest BCUT2D eigenvalue weighted by Gasteiger charge is -2.39. The van der Waals surface area contributed by atoms with Crippen molar-refractivity contribution < 1.29 is 14.0 Å². The third kappa shape index (κ3) is 2.96. The van der Waals surface area contributed by atoms with Crippen molar-refractivity contribution in [2.45, 2.75) is 43.9 Å². The van der Waals surface area contributed by atoms with Crippen LogP contribution in [0.4, 0.5) is 4.39 Å². The van der Waals surface area contributed by atoms with Crippen molar-refractivity contribution in [2.75, 3.05) is 13.1 Å². The van der Waals surface area contributed by atoms with Gasteiger partial charge in [-0.15, -0.1) is 0 Å². The van der Waals surface area contributed by atoms with E-state index in [0.29, 0.717) is 19.5 Å². The Morgan fingerprint density at radius 1 is 1.22 bits per heavy atom. The van der Waals surface area contributed by atoms with Crippen LogP contribution in [-0.4, -0.2) is 29.8 Å². The number of nitrogens with zero attached hydrogens (tertiary/aromatic N) is 1. The van der Waals surface area contributed by atoms with Crippen LogP contribution < -0.4 is 5.73 Å². The first-order valence-corrected chi connectivity index (χ1v) is 8.38. The minimum absolute atomic E-state index is 0.0338. The standard InChI is InChI=1S/C18H23FN2O2/c19-15-6-4-5-14(11-15)18(8-2-1-3-9-18)17(23)21-10-7-13(12-21)16(20)22/h4-6,11,13H,1-3,7-10,12H2,(H2,20,22). The van der Waals surface area contributed by atoms with Crippen LogP contribution in [0.25, 0.3) is 0 Å². The zero-order chi connectivity index (χ0) is 16.4. The van der Waals surface area contributed by atoms with Gasteiger partial charge in [0.1, 0.15) is 5.82 Å². The molecule has 1 unspecified atom stereocenters. The van der Waals surface area contributed by atoms with E-state index in [4.69, 9.17) is 5.73 Å². The van der Waals surface area contributed by atoms with Crippen LogP contribution in [0.1, 0.15) is 44.1 Å². The van der Waals surface area contributed by atoms with Gasteiger partial charge in [-0.05, 0) is 37.0 Å². The SMILES string of the molecule is NC(=O)C1CCN(C(=O)C2(c3cccc(F)c3)CCCCC2)C1. The molecule has 1 saturated carbocycles. The van der Waals surface area contributed by atoms with Gasteiger partial charge in [-0.3, -0.25) is 9.59 Å². The highest BCUT2D eigenvalue weighted by atomic mass is 19.1. The smallest absolute Gasteiger partial charge is 0.233 e. The van der Waals surface area contributed by atoms with Gasteiger partial charge < -0.3 is 10.6 Å². The predicted molar refractivity (Wildman–Crippen MR) is 85.0 cm³/mol. The molecule has 2 fully saturated rings. The lowest BCUT2D eigenvalue weighted by atomic mass is 9.68. The van der Waals surface area contributed by atoms with Crippen LogP contribution in [0, 0.1) is 11.7 Å². The third-order valence-corrected chi connectivity index (χ3v) is 5.37. The summed E-state index contributed by atoms with van der Waals surface area (Å²) in [5.74, 6) is -0.876. The Bertz CT molecular complexity index is 611. The maximum absolute atomic E-state index is 13.7. The monoisotopic (exact) mass is 318 g/mol. The van der Waals surface area contributed by atoms with E-state index in [-0.39, 0.29) is 23.5 Å². The zero-order valence-electron chi connectivity index (χ0n) is 13.3. The van der Waals surface area contributed by atoms with Crippen LogP contribution in [0.2, 0.25) is 0 Å². The van der Waals surface area contributed by atoms with Crippen molar-refractivity contribution in [1.82, 2.24) is 4.90 Å².